The van der Waals surface area contributed by atoms with Crippen molar-refractivity contribution in [1.82, 2.24) is 5.32 Å². The van der Waals surface area contributed by atoms with Crippen LogP contribution in [0, 0.1) is 0 Å². The van der Waals surface area contributed by atoms with Gasteiger partial charge in [0.05, 0.1) is 0 Å². The summed E-state index contributed by atoms with van der Waals surface area (Å²) < 4.78 is 0. The highest BCUT2D eigenvalue weighted by atomic mass is 35.5. The van der Waals surface area contributed by atoms with Crippen molar-refractivity contribution in [2.24, 2.45) is 0 Å². The quantitative estimate of drug-likeness (QED) is 0.767. The third-order valence-corrected chi connectivity index (χ3v) is 3.81. The third kappa shape index (κ3) is 4.92. The van der Waals surface area contributed by atoms with Crippen LogP contribution < -0.4 is 5.32 Å². The van der Waals surface area contributed by atoms with Crippen LogP contribution in [0.2, 0.25) is 5.02 Å². The Kier molecular flexibility index (Phi) is 6.15. The second-order valence-corrected chi connectivity index (χ2v) is 5.29. The van der Waals surface area contributed by atoms with E-state index in [-0.39, 0.29) is 0 Å². The molecule has 0 aliphatic rings. The van der Waals surface area contributed by atoms with Crippen molar-refractivity contribution in [3.05, 3.63) is 34.9 Å². The van der Waals surface area contributed by atoms with E-state index in [0.29, 0.717) is 0 Å². The fourth-order valence-electron chi connectivity index (χ4n) is 1.29. The van der Waals surface area contributed by atoms with E-state index in [1.807, 2.05) is 30.0 Å². The van der Waals surface area contributed by atoms with Crippen LogP contribution in [0.4, 0.5) is 0 Å². The molecular formula is C12H18ClNS. The van der Waals surface area contributed by atoms with Crippen molar-refractivity contribution < 1.29 is 0 Å². The number of benzene rings is 1. The van der Waals surface area contributed by atoms with Crippen LogP contribution in [-0.4, -0.2) is 18.1 Å². The van der Waals surface area contributed by atoms with Crippen LogP contribution in [0.5, 0.6) is 0 Å². The van der Waals surface area contributed by atoms with Gasteiger partial charge in [-0.05, 0) is 30.9 Å². The molecule has 0 fully saturated rings. The highest BCUT2D eigenvalue weighted by molar-refractivity contribution is 7.99. The first-order chi connectivity index (χ1) is 7.24. The van der Waals surface area contributed by atoms with E-state index in [1.54, 1.807) is 0 Å². The Morgan fingerprint density at radius 3 is 2.80 bits per heavy atom. The molecule has 84 valence electrons. The zero-order chi connectivity index (χ0) is 11.1. The lowest BCUT2D eigenvalue weighted by Crippen LogP contribution is -2.17. The molecule has 1 rings (SSSR count). The normalized spacial score (nSPS) is 12.7. The lowest BCUT2D eigenvalue weighted by Gasteiger charge is -2.09. The summed E-state index contributed by atoms with van der Waals surface area (Å²) in [5.74, 6) is 0. The summed E-state index contributed by atoms with van der Waals surface area (Å²) in [5.41, 5.74) is 1.18. The van der Waals surface area contributed by atoms with E-state index in [9.17, 15) is 0 Å². The summed E-state index contributed by atoms with van der Waals surface area (Å²) in [5, 5.41) is 4.99. The van der Waals surface area contributed by atoms with Gasteiger partial charge in [0.2, 0.25) is 0 Å². The number of hydrogen-bond acceptors (Lipinski definition) is 2. The van der Waals surface area contributed by atoms with Crippen LogP contribution in [0.3, 0.4) is 0 Å². The molecule has 3 heteroatoms. The molecule has 0 spiro atoms. The number of thioether (sulfide) groups is 1. The predicted octanol–water partition coefficient (Wildman–Crippen LogP) is 3.57. The first-order valence-electron chi connectivity index (χ1n) is 5.21. The van der Waals surface area contributed by atoms with E-state index in [0.717, 1.165) is 23.4 Å². The molecule has 0 aliphatic heterocycles. The van der Waals surface area contributed by atoms with Gasteiger partial charge in [-0.3, -0.25) is 0 Å². The highest BCUT2D eigenvalue weighted by Crippen LogP contribution is 2.14. The monoisotopic (exact) mass is 243 g/mol. The Morgan fingerprint density at radius 2 is 2.13 bits per heavy atom. The van der Waals surface area contributed by atoms with Crippen LogP contribution >= 0.6 is 23.4 Å². The van der Waals surface area contributed by atoms with Crippen molar-refractivity contribution in [1.29, 1.82) is 0 Å². The molecule has 1 atom stereocenters. The van der Waals surface area contributed by atoms with Gasteiger partial charge in [0.25, 0.3) is 0 Å². The molecule has 1 aromatic carbocycles. The van der Waals surface area contributed by atoms with E-state index >= 15 is 0 Å². The minimum atomic E-state index is 0.726. The Balaban J connectivity index is 2.23. The molecule has 1 nitrogen and oxygen atoms in total. The molecule has 0 radical (unpaired) electrons. The lowest BCUT2D eigenvalue weighted by atomic mass is 10.2. The molecule has 0 bridgehead atoms. The summed E-state index contributed by atoms with van der Waals surface area (Å²) >= 11 is 7.96. The van der Waals surface area contributed by atoms with Crippen LogP contribution in [-0.2, 0) is 6.54 Å². The van der Waals surface area contributed by atoms with Gasteiger partial charge in [-0.15, -0.1) is 0 Å². The minimum absolute atomic E-state index is 0.726. The van der Waals surface area contributed by atoms with E-state index in [2.05, 4.69) is 24.6 Å². The summed E-state index contributed by atoms with van der Waals surface area (Å²) in [4.78, 5) is 0. The van der Waals surface area contributed by atoms with Crippen molar-refractivity contribution >= 4 is 23.4 Å². The topological polar surface area (TPSA) is 12.0 Å². The number of hydrogen-bond donors (Lipinski definition) is 1. The zero-order valence-corrected chi connectivity index (χ0v) is 10.9. The fourth-order valence-corrected chi connectivity index (χ4v) is 1.84. The van der Waals surface area contributed by atoms with Crippen molar-refractivity contribution in [2.75, 3.05) is 12.8 Å². The molecule has 1 N–H and O–H groups in total. The average molecular weight is 244 g/mol. The summed E-state index contributed by atoms with van der Waals surface area (Å²) in [6.07, 6.45) is 3.35. The molecule has 1 aromatic rings. The largest absolute Gasteiger partial charge is 0.313 e. The summed E-state index contributed by atoms with van der Waals surface area (Å²) in [6.45, 7) is 4.16. The SMILES string of the molecule is CSC(C)CCNCc1ccccc1Cl. The average Bonchev–Trinajstić information content (AvgIpc) is 2.26. The fraction of sp³-hybridized carbons (Fsp3) is 0.500. The van der Waals surface area contributed by atoms with Crippen molar-refractivity contribution in [2.45, 2.75) is 25.1 Å². The van der Waals surface area contributed by atoms with Crippen LogP contribution in [0.15, 0.2) is 24.3 Å². The van der Waals surface area contributed by atoms with Gasteiger partial charge in [-0.2, -0.15) is 11.8 Å². The number of rotatable bonds is 6. The van der Waals surface area contributed by atoms with Crippen molar-refractivity contribution in [3.63, 3.8) is 0 Å². The maximum atomic E-state index is 6.05. The van der Waals surface area contributed by atoms with Crippen LogP contribution in [0.25, 0.3) is 0 Å². The lowest BCUT2D eigenvalue weighted by molar-refractivity contribution is 0.648. The van der Waals surface area contributed by atoms with Gasteiger partial charge in [0.1, 0.15) is 0 Å². The molecule has 15 heavy (non-hydrogen) atoms. The highest BCUT2D eigenvalue weighted by Gasteiger charge is 2.00. The van der Waals surface area contributed by atoms with Gasteiger partial charge < -0.3 is 5.32 Å². The van der Waals surface area contributed by atoms with E-state index < -0.39 is 0 Å². The Morgan fingerprint density at radius 1 is 1.40 bits per heavy atom. The minimum Gasteiger partial charge on any atom is -0.313 e. The second-order valence-electron chi connectivity index (χ2n) is 3.60. The standard InChI is InChI=1S/C12H18ClNS/c1-10(15-2)7-8-14-9-11-5-3-4-6-12(11)13/h3-6,10,14H,7-9H2,1-2H3. The second kappa shape index (κ2) is 7.15. The molecule has 0 saturated heterocycles. The molecular weight excluding hydrogens is 226 g/mol. The van der Waals surface area contributed by atoms with Gasteiger partial charge in [0, 0.05) is 16.8 Å². The Labute approximate surface area is 102 Å². The van der Waals surface area contributed by atoms with Gasteiger partial charge in [0.15, 0.2) is 0 Å². The molecule has 0 aromatic heterocycles. The van der Waals surface area contributed by atoms with E-state index in [1.165, 1.54) is 12.0 Å². The van der Waals surface area contributed by atoms with Gasteiger partial charge in [-0.25, -0.2) is 0 Å². The first-order valence-corrected chi connectivity index (χ1v) is 6.87. The summed E-state index contributed by atoms with van der Waals surface area (Å²) in [6, 6.07) is 7.98. The maximum Gasteiger partial charge on any atom is 0.0450 e. The van der Waals surface area contributed by atoms with Crippen LogP contribution in [0.1, 0.15) is 18.9 Å². The van der Waals surface area contributed by atoms with Crippen molar-refractivity contribution in [3.8, 4) is 0 Å². The third-order valence-electron chi connectivity index (χ3n) is 2.40. The maximum absolute atomic E-state index is 6.05. The first kappa shape index (κ1) is 12.9. The van der Waals surface area contributed by atoms with Gasteiger partial charge >= 0.3 is 0 Å². The summed E-state index contributed by atoms with van der Waals surface area (Å²) in [7, 11) is 0. The smallest absolute Gasteiger partial charge is 0.0450 e. The Hall–Kier alpha value is -0.180. The molecule has 0 amide bonds. The Bertz CT molecular complexity index is 291. The number of halogens is 1. The molecule has 0 saturated carbocycles. The zero-order valence-electron chi connectivity index (χ0n) is 9.29. The molecule has 0 heterocycles. The van der Waals surface area contributed by atoms with Gasteiger partial charge in [-0.1, -0.05) is 36.7 Å². The van der Waals surface area contributed by atoms with E-state index in [4.69, 9.17) is 11.6 Å². The molecule has 0 aliphatic carbocycles. The number of nitrogens with one attached hydrogen (secondary N) is 1. The predicted molar refractivity (Wildman–Crippen MR) is 70.8 cm³/mol. The molecule has 1 unspecified atom stereocenters.